The van der Waals surface area contributed by atoms with Gasteiger partial charge < -0.3 is 19.5 Å². The lowest BCUT2D eigenvalue weighted by molar-refractivity contribution is -0.139. The summed E-state index contributed by atoms with van der Waals surface area (Å²) in [5, 5.41) is 18.6. The van der Waals surface area contributed by atoms with Gasteiger partial charge in [-0.2, -0.15) is 5.26 Å². The predicted molar refractivity (Wildman–Crippen MR) is 106 cm³/mol. The van der Waals surface area contributed by atoms with E-state index in [1.54, 1.807) is 27.9 Å². The quantitative estimate of drug-likeness (QED) is 0.779. The second-order valence-electron chi connectivity index (χ2n) is 8.18. The van der Waals surface area contributed by atoms with E-state index >= 15 is 0 Å². The smallest absolute Gasteiger partial charge is 0.410 e. The molecule has 0 saturated carbocycles. The fourth-order valence-corrected chi connectivity index (χ4v) is 3.39. The number of amides is 1. The highest BCUT2D eigenvalue weighted by Crippen LogP contribution is 2.25. The third kappa shape index (κ3) is 6.64. The van der Waals surface area contributed by atoms with E-state index in [1.807, 2.05) is 24.3 Å². The zero-order valence-electron chi connectivity index (χ0n) is 17.4. The Morgan fingerprint density at radius 2 is 1.86 bits per heavy atom. The van der Waals surface area contributed by atoms with Gasteiger partial charge in [0.15, 0.2) is 0 Å². The van der Waals surface area contributed by atoms with Crippen LogP contribution in [0.2, 0.25) is 0 Å². The standard InChI is InChI=1S/C21H29N3O5/c1-21(2,3)29-20(27)24-14-16(9-10-22)23(13-17(24)11-19(25)26)12-15-5-7-18(28-4)8-6-15/h5-8,16-17H,9,11-14H2,1-4H3,(H,25,26). The lowest BCUT2D eigenvalue weighted by Crippen LogP contribution is -2.60. The van der Waals surface area contributed by atoms with Crippen molar-refractivity contribution in [2.24, 2.45) is 0 Å². The van der Waals surface area contributed by atoms with Crippen molar-refractivity contribution >= 4 is 12.1 Å². The van der Waals surface area contributed by atoms with Gasteiger partial charge in [-0.1, -0.05) is 12.1 Å². The van der Waals surface area contributed by atoms with E-state index in [9.17, 15) is 20.0 Å². The highest BCUT2D eigenvalue weighted by molar-refractivity contribution is 5.72. The Morgan fingerprint density at radius 1 is 1.21 bits per heavy atom. The minimum atomic E-state index is -0.980. The summed E-state index contributed by atoms with van der Waals surface area (Å²) >= 11 is 0. The number of piperazine rings is 1. The summed E-state index contributed by atoms with van der Waals surface area (Å²) in [6, 6.07) is 9.04. The van der Waals surface area contributed by atoms with E-state index in [4.69, 9.17) is 9.47 Å². The van der Waals surface area contributed by atoms with Crippen molar-refractivity contribution in [2.45, 2.75) is 57.8 Å². The van der Waals surface area contributed by atoms with Crippen molar-refractivity contribution in [3.05, 3.63) is 29.8 Å². The molecular weight excluding hydrogens is 374 g/mol. The van der Waals surface area contributed by atoms with Gasteiger partial charge in [-0.15, -0.1) is 0 Å². The lowest BCUT2D eigenvalue weighted by atomic mass is 10.0. The Bertz CT molecular complexity index is 751. The highest BCUT2D eigenvalue weighted by atomic mass is 16.6. The van der Waals surface area contributed by atoms with Gasteiger partial charge in [0, 0.05) is 25.7 Å². The molecule has 2 atom stereocenters. The van der Waals surface area contributed by atoms with Crippen LogP contribution in [0.25, 0.3) is 0 Å². The minimum Gasteiger partial charge on any atom is -0.497 e. The number of carboxylic acids is 1. The first-order chi connectivity index (χ1) is 13.6. The second kappa shape index (κ2) is 9.61. The zero-order chi connectivity index (χ0) is 21.6. The second-order valence-corrected chi connectivity index (χ2v) is 8.18. The van der Waals surface area contributed by atoms with Crippen molar-refractivity contribution in [2.75, 3.05) is 20.2 Å². The number of nitrogens with zero attached hydrogens (tertiary/aromatic N) is 3. The monoisotopic (exact) mass is 403 g/mol. The van der Waals surface area contributed by atoms with Crippen molar-refractivity contribution < 1.29 is 24.2 Å². The molecule has 8 heteroatoms. The van der Waals surface area contributed by atoms with E-state index in [2.05, 4.69) is 11.0 Å². The average molecular weight is 403 g/mol. The molecule has 2 unspecified atom stereocenters. The molecule has 158 valence electrons. The van der Waals surface area contributed by atoms with Crippen LogP contribution in [0.5, 0.6) is 5.75 Å². The molecule has 1 aromatic rings. The van der Waals surface area contributed by atoms with Crippen molar-refractivity contribution in [3.63, 3.8) is 0 Å². The van der Waals surface area contributed by atoms with Gasteiger partial charge in [0.1, 0.15) is 11.4 Å². The Kier molecular flexibility index (Phi) is 7.46. The fourth-order valence-electron chi connectivity index (χ4n) is 3.39. The molecule has 0 spiro atoms. The molecule has 1 aliphatic heterocycles. The number of nitriles is 1. The van der Waals surface area contributed by atoms with Crippen LogP contribution < -0.4 is 4.74 Å². The van der Waals surface area contributed by atoms with Crippen LogP contribution in [-0.2, 0) is 16.1 Å². The SMILES string of the molecule is COc1ccc(CN2CC(CC(=O)O)N(C(=O)OC(C)(C)C)CC2CC#N)cc1. The minimum absolute atomic E-state index is 0.183. The van der Waals surface area contributed by atoms with Crippen molar-refractivity contribution in [1.29, 1.82) is 5.26 Å². The Balaban J connectivity index is 2.22. The van der Waals surface area contributed by atoms with Gasteiger partial charge in [0.2, 0.25) is 0 Å². The van der Waals surface area contributed by atoms with E-state index in [0.29, 0.717) is 13.1 Å². The summed E-state index contributed by atoms with van der Waals surface area (Å²) in [7, 11) is 1.60. The van der Waals surface area contributed by atoms with Crippen LogP contribution in [0.15, 0.2) is 24.3 Å². The maximum absolute atomic E-state index is 12.7. The molecule has 1 N–H and O–H groups in total. The van der Waals surface area contributed by atoms with E-state index in [0.717, 1.165) is 11.3 Å². The van der Waals surface area contributed by atoms with Crippen LogP contribution in [0.1, 0.15) is 39.2 Å². The van der Waals surface area contributed by atoms with Crippen LogP contribution in [0, 0.1) is 11.3 Å². The summed E-state index contributed by atoms with van der Waals surface area (Å²) in [4.78, 5) is 27.6. The van der Waals surface area contributed by atoms with E-state index in [1.165, 1.54) is 4.90 Å². The van der Waals surface area contributed by atoms with Crippen LogP contribution in [-0.4, -0.2) is 64.9 Å². The molecule has 8 nitrogen and oxygen atoms in total. The summed E-state index contributed by atoms with van der Waals surface area (Å²) in [6.45, 7) is 6.45. The number of methoxy groups -OCH3 is 1. The maximum Gasteiger partial charge on any atom is 0.410 e. The summed E-state index contributed by atoms with van der Waals surface area (Å²) in [5.41, 5.74) is 0.337. The molecule has 0 aliphatic carbocycles. The van der Waals surface area contributed by atoms with Gasteiger partial charge in [0.25, 0.3) is 0 Å². The summed E-state index contributed by atoms with van der Waals surface area (Å²) in [6.07, 6.45) is -0.497. The van der Waals surface area contributed by atoms with E-state index < -0.39 is 23.7 Å². The number of carboxylic acid groups (broad SMARTS) is 1. The molecule has 1 heterocycles. The Hall–Kier alpha value is -2.79. The molecule has 1 fully saturated rings. The van der Waals surface area contributed by atoms with Gasteiger partial charge in [-0.05, 0) is 38.5 Å². The number of aliphatic carboxylic acids is 1. The number of carbonyl (C=O) groups excluding carboxylic acids is 1. The molecule has 1 saturated heterocycles. The molecule has 1 aliphatic rings. The third-order valence-corrected chi connectivity index (χ3v) is 4.72. The molecule has 2 rings (SSSR count). The number of rotatable bonds is 6. The fraction of sp³-hybridized carbons (Fsp3) is 0.571. The number of ether oxygens (including phenoxy) is 2. The molecule has 0 radical (unpaired) electrons. The molecule has 1 aromatic carbocycles. The maximum atomic E-state index is 12.7. The molecular formula is C21H29N3O5. The van der Waals surface area contributed by atoms with Crippen LogP contribution in [0.4, 0.5) is 4.79 Å². The Morgan fingerprint density at radius 3 is 2.38 bits per heavy atom. The molecule has 29 heavy (non-hydrogen) atoms. The third-order valence-electron chi connectivity index (χ3n) is 4.72. The number of hydrogen-bond donors (Lipinski definition) is 1. The normalized spacial score (nSPS) is 20.0. The zero-order valence-corrected chi connectivity index (χ0v) is 17.4. The lowest BCUT2D eigenvalue weighted by Gasteiger charge is -2.45. The van der Waals surface area contributed by atoms with Crippen molar-refractivity contribution in [1.82, 2.24) is 9.80 Å². The first-order valence-electron chi connectivity index (χ1n) is 9.58. The molecule has 0 bridgehead atoms. The van der Waals surface area contributed by atoms with Gasteiger partial charge in [-0.3, -0.25) is 9.69 Å². The van der Waals surface area contributed by atoms with E-state index in [-0.39, 0.29) is 25.4 Å². The first kappa shape index (κ1) is 22.5. The van der Waals surface area contributed by atoms with Gasteiger partial charge >= 0.3 is 12.1 Å². The van der Waals surface area contributed by atoms with Crippen LogP contribution in [0.3, 0.4) is 0 Å². The summed E-state index contributed by atoms with van der Waals surface area (Å²) in [5.74, 6) is -0.229. The topological polar surface area (TPSA) is 103 Å². The van der Waals surface area contributed by atoms with Gasteiger partial charge in [0.05, 0.1) is 32.1 Å². The highest BCUT2D eigenvalue weighted by Gasteiger charge is 2.39. The predicted octanol–water partition coefficient (Wildman–Crippen LogP) is 2.87. The number of carbonyl (C=O) groups is 2. The van der Waals surface area contributed by atoms with Gasteiger partial charge in [-0.25, -0.2) is 4.79 Å². The number of benzene rings is 1. The summed E-state index contributed by atoms with van der Waals surface area (Å²) < 4.78 is 10.7. The van der Waals surface area contributed by atoms with Crippen molar-refractivity contribution in [3.8, 4) is 11.8 Å². The number of hydrogen-bond acceptors (Lipinski definition) is 6. The first-order valence-corrected chi connectivity index (χ1v) is 9.58. The Labute approximate surface area is 171 Å². The molecule has 1 amide bonds. The average Bonchev–Trinajstić information content (AvgIpc) is 2.62. The largest absolute Gasteiger partial charge is 0.497 e. The van der Waals surface area contributed by atoms with Crippen LogP contribution >= 0.6 is 0 Å². The molecule has 0 aromatic heterocycles.